The van der Waals surface area contributed by atoms with Crippen LogP contribution in [0.5, 0.6) is 0 Å². The van der Waals surface area contributed by atoms with E-state index in [-0.39, 0.29) is 0 Å². The van der Waals surface area contributed by atoms with Crippen molar-refractivity contribution in [3.8, 4) is 0 Å². The molecule has 2 rings (SSSR count). The number of aromatic nitrogens is 2. The molecule has 0 unspecified atom stereocenters. The summed E-state index contributed by atoms with van der Waals surface area (Å²) in [5.41, 5.74) is 1.05. The molecule has 0 spiro atoms. The van der Waals surface area contributed by atoms with Gasteiger partial charge >= 0.3 is 0 Å². The average molecular weight is 484 g/mol. The predicted octanol–water partition coefficient (Wildman–Crippen LogP) is 5.74. The lowest BCUT2D eigenvalue weighted by Crippen LogP contribution is -2.02. The monoisotopic (exact) mass is 482 g/mol. The molecule has 106 valence electrons. The lowest BCUT2D eigenvalue weighted by Gasteiger charge is -2.08. The van der Waals surface area contributed by atoms with E-state index in [0.29, 0.717) is 5.15 Å². The molecule has 0 fully saturated rings. The highest BCUT2D eigenvalue weighted by Gasteiger charge is 2.11. The first-order chi connectivity index (χ1) is 9.61. The molecule has 0 aliphatic carbocycles. The van der Waals surface area contributed by atoms with Crippen LogP contribution in [-0.2, 0) is 12.2 Å². The highest BCUT2D eigenvalue weighted by Crippen LogP contribution is 2.30. The van der Waals surface area contributed by atoms with E-state index in [9.17, 15) is 0 Å². The van der Waals surface area contributed by atoms with Crippen molar-refractivity contribution >= 4 is 61.9 Å². The summed E-state index contributed by atoms with van der Waals surface area (Å²) in [5, 5.41) is 0.562. The fraction of sp³-hybridized carbons (Fsp3) is 0.286. The first-order valence-electron chi connectivity index (χ1n) is 6.20. The van der Waals surface area contributed by atoms with Gasteiger partial charge in [-0.15, -0.1) is 11.8 Å². The minimum Gasteiger partial charge on any atom is -0.236 e. The molecule has 0 aliphatic heterocycles. The Hall–Kier alpha value is 0.150. The summed E-state index contributed by atoms with van der Waals surface area (Å²) in [5.74, 6) is 1.51. The first-order valence-corrected chi connectivity index (χ1v) is 9.43. The molecular weight excluding hydrogens is 470 g/mol. The van der Waals surface area contributed by atoms with Gasteiger partial charge in [0.25, 0.3) is 0 Å². The van der Waals surface area contributed by atoms with Gasteiger partial charge in [0.1, 0.15) is 11.0 Å². The molecule has 20 heavy (non-hydrogen) atoms. The van der Waals surface area contributed by atoms with E-state index in [0.717, 1.165) is 38.2 Å². The molecule has 0 bridgehead atoms. The summed E-state index contributed by atoms with van der Waals surface area (Å²) in [6, 6.07) is 8.14. The SMILES string of the molecule is CCCc1nc(CSc2ccccc2Br)nc(Cl)c1I. The molecule has 0 amide bonds. The van der Waals surface area contributed by atoms with E-state index in [4.69, 9.17) is 11.6 Å². The molecule has 6 heteroatoms. The zero-order chi connectivity index (χ0) is 14.5. The van der Waals surface area contributed by atoms with Gasteiger partial charge in [0.05, 0.1) is 15.0 Å². The third kappa shape index (κ3) is 4.32. The average Bonchev–Trinajstić information content (AvgIpc) is 2.43. The lowest BCUT2D eigenvalue weighted by molar-refractivity contribution is 0.845. The molecule has 0 radical (unpaired) electrons. The number of hydrogen-bond acceptors (Lipinski definition) is 3. The van der Waals surface area contributed by atoms with Crippen LogP contribution >= 0.6 is 61.9 Å². The van der Waals surface area contributed by atoms with Crippen LogP contribution in [0.2, 0.25) is 5.15 Å². The second-order valence-corrected chi connectivity index (χ2v) is 7.47. The Labute approximate surface area is 150 Å². The Morgan fingerprint density at radius 2 is 2.05 bits per heavy atom. The molecule has 1 heterocycles. The number of halogens is 3. The van der Waals surface area contributed by atoms with Gasteiger partial charge in [-0.05, 0) is 57.1 Å². The van der Waals surface area contributed by atoms with Gasteiger partial charge in [0, 0.05) is 9.37 Å². The molecule has 1 aromatic carbocycles. The summed E-state index contributed by atoms with van der Waals surface area (Å²) >= 11 is 13.7. The van der Waals surface area contributed by atoms with E-state index in [1.165, 1.54) is 4.90 Å². The standard InChI is InChI=1S/C14H13BrClIN2S/c1-2-5-10-13(17)14(16)19-12(18-10)8-20-11-7-4-3-6-9(11)15/h3-4,6-7H,2,5,8H2,1H3. The van der Waals surface area contributed by atoms with E-state index in [1.807, 2.05) is 18.2 Å². The van der Waals surface area contributed by atoms with Gasteiger partial charge < -0.3 is 0 Å². The van der Waals surface area contributed by atoms with Gasteiger partial charge in [-0.3, -0.25) is 0 Å². The number of rotatable bonds is 5. The number of benzene rings is 1. The van der Waals surface area contributed by atoms with Crippen LogP contribution in [0.15, 0.2) is 33.6 Å². The molecule has 1 aromatic heterocycles. The van der Waals surface area contributed by atoms with Crippen LogP contribution in [0, 0.1) is 3.57 Å². The van der Waals surface area contributed by atoms with Crippen LogP contribution < -0.4 is 0 Å². The second-order valence-electron chi connectivity index (χ2n) is 4.16. The summed E-state index contributed by atoms with van der Waals surface area (Å²) < 4.78 is 2.07. The lowest BCUT2D eigenvalue weighted by atomic mass is 10.2. The Morgan fingerprint density at radius 3 is 2.75 bits per heavy atom. The van der Waals surface area contributed by atoms with E-state index in [1.54, 1.807) is 11.8 Å². The maximum Gasteiger partial charge on any atom is 0.146 e. The van der Waals surface area contributed by atoms with Crippen LogP contribution in [0.4, 0.5) is 0 Å². The van der Waals surface area contributed by atoms with E-state index in [2.05, 4.69) is 61.5 Å². The highest BCUT2D eigenvalue weighted by molar-refractivity contribution is 14.1. The normalized spacial score (nSPS) is 10.8. The number of aryl methyl sites for hydroxylation is 1. The van der Waals surface area contributed by atoms with Gasteiger partial charge in [-0.2, -0.15) is 0 Å². The fourth-order valence-electron chi connectivity index (χ4n) is 1.68. The minimum absolute atomic E-state index is 0.562. The molecule has 0 saturated carbocycles. The van der Waals surface area contributed by atoms with Crippen molar-refractivity contribution in [2.45, 2.75) is 30.4 Å². The van der Waals surface area contributed by atoms with Crippen molar-refractivity contribution in [2.75, 3.05) is 0 Å². The molecular formula is C14H13BrClIN2S. The highest BCUT2D eigenvalue weighted by atomic mass is 127. The second kappa shape index (κ2) is 7.96. The van der Waals surface area contributed by atoms with Crippen molar-refractivity contribution in [1.29, 1.82) is 0 Å². The van der Waals surface area contributed by atoms with Crippen molar-refractivity contribution in [1.82, 2.24) is 9.97 Å². The number of thioether (sulfide) groups is 1. The van der Waals surface area contributed by atoms with Gasteiger partial charge in [-0.1, -0.05) is 37.1 Å². The minimum atomic E-state index is 0.562. The van der Waals surface area contributed by atoms with Crippen molar-refractivity contribution in [3.63, 3.8) is 0 Å². The Morgan fingerprint density at radius 1 is 1.30 bits per heavy atom. The summed E-state index contributed by atoms with van der Waals surface area (Å²) in [4.78, 5) is 10.2. The number of nitrogens with zero attached hydrogens (tertiary/aromatic N) is 2. The van der Waals surface area contributed by atoms with Gasteiger partial charge in [0.2, 0.25) is 0 Å². The molecule has 0 N–H and O–H groups in total. The Kier molecular flexibility index (Phi) is 6.58. The van der Waals surface area contributed by atoms with Crippen molar-refractivity contribution in [3.05, 3.63) is 49.0 Å². The van der Waals surface area contributed by atoms with E-state index >= 15 is 0 Å². The molecule has 0 saturated heterocycles. The zero-order valence-corrected chi connectivity index (χ0v) is 16.2. The predicted molar refractivity (Wildman–Crippen MR) is 97.5 cm³/mol. The Bertz CT molecular complexity index is 610. The maximum atomic E-state index is 6.19. The largest absolute Gasteiger partial charge is 0.236 e. The third-order valence-corrected chi connectivity index (χ3v) is 6.36. The number of hydrogen-bond donors (Lipinski definition) is 0. The van der Waals surface area contributed by atoms with Crippen LogP contribution in [0.25, 0.3) is 0 Å². The smallest absolute Gasteiger partial charge is 0.146 e. The van der Waals surface area contributed by atoms with Gasteiger partial charge in [0.15, 0.2) is 0 Å². The van der Waals surface area contributed by atoms with E-state index < -0.39 is 0 Å². The molecule has 2 aromatic rings. The first kappa shape index (κ1) is 16.5. The zero-order valence-electron chi connectivity index (χ0n) is 10.9. The Balaban J connectivity index is 2.16. The topological polar surface area (TPSA) is 25.8 Å². The summed E-state index contributed by atoms with van der Waals surface area (Å²) in [6.07, 6.45) is 1.99. The molecule has 0 aliphatic rings. The summed E-state index contributed by atoms with van der Waals surface area (Å²) in [7, 11) is 0. The van der Waals surface area contributed by atoms with Crippen LogP contribution in [0.3, 0.4) is 0 Å². The fourth-order valence-corrected chi connectivity index (χ4v) is 3.82. The molecule has 2 nitrogen and oxygen atoms in total. The van der Waals surface area contributed by atoms with Crippen molar-refractivity contribution < 1.29 is 0 Å². The summed E-state index contributed by atoms with van der Waals surface area (Å²) in [6.45, 7) is 2.14. The van der Waals surface area contributed by atoms with Gasteiger partial charge in [-0.25, -0.2) is 9.97 Å². The maximum absolute atomic E-state index is 6.19. The molecule has 0 atom stereocenters. The third-order valence-electron chi connectivity index (χ3n) is 2.61. The van der Waals surface area contributed by atoms with Crippen LogP contribution in [-0.4, -0.2) is 9.97 Å². The quantitative estimate of drug-likeness (QED) is 0.308. The van der Waals surface area contributed by atoms with Crippen LogP contribution in [0.1, 0.15) is 24.9 Å². The van der Waals surface area contributed by atoms with Crippen molar-refractivity contribution in [2.24, 2.45) is 0 Å².